The molecule has 80 valence electrons. The van der Waals surface area contributed by atoms with Crippen LogP contribution >= 0.6 is 0 Å². The number of ether oxygens (including phenoxy) is 1. The molecule has 2 aromatic carbocycles. The Morgan fingerprint density at radius 2 is 1.94 bits per heavy atom. The minimum absolute atomic E-state index is 0.170. The van der Waals surface area contributed by atoms with E-state index in [1.54, 1.807) is 30.3 Å². The van der Waals surface area contributed by atoms with E-state index in [0.717, 1.165) is 11.1 Å². The molecule has 0 aromatic heterocycles. The zero-order valence-corrected chi connectivity index (χ0v) is 8.47. The van der Waals surface area contributed by atoms with E-state index in [-0.39, 0.29) is 11.5 Å². The van der Waals surface area contributed by atoms with E-state index in [0.29, 0.717) is 17.9 Å². The summed E-state index contributed by atoms with van der Waals surface area (Å²) in [4.78, 5) is 0. The number of benzene rings is 2. The highest BCUT2D eigenvalue weighted by atomic mass is 16.5. The predicted octanol–water partition coefficient (Wildman–Crippen LogP) is 2.66. The smallest absolute Gasteiger partial charge is 0.131 e. The third kappa shape index (κ3) is 1.21. The van der Waals surface area contributed by atoms with Crippen molar-refractivity contribution in [2.75, 3.05) is 0 Å². The largest absolute Gasteiger partial charge is 0.508 e. The van der Waals surface area contributed by atoms with Crippen LogP contribution in [0.4, 0.5) is 0 Å². The second kappa shape index (κ2) is 3.17. The number of rotatable bonds is 0. The molecule has 16 heavy (non-hydrogen) atoms. The van der Waals surface area contributed by atoms with Gasteiger partial charge < -0.3 is 14.9 Å². The van der Waals surface area contributed by atoms with E-state index in [4.69, 9.17) is 4.74 Å². The molecular formula is C13H10O3. The summed E-state index contributed by atoms with van der Waals surface area (Å²) in [5.41, 5.74) is 2.45. The van der Waals surface area contributed by atoms with E-state index in [9.17, 15) is 10.2 Å². The van der Waals surface area contributed by atoms with Gasteiger partial charge in [0, 0.05) is 0 Å². The Kier molecular flexibility index (Phi) is 1.80. The molecule has 0 saturated carbocycles. The molecule has 3 nitrogen and oxygen atoms in total. The predicted molar refractivity (Wildman–Crippen MR) is 59.5 cm³/mol. The van der Waals surface area contributed by atoms with E-state index < -0.39 is 0 Å². The Balaban J connectivity index is 2.32. The van der Waals surface area contributed by atoms with Crippen molar-refractivity contribution in [2.24, 2.45) is 0 Å². The maximum Gasteiger partial charge on any atom is 0.131 e. The Morgan fingerprint density at radius 3 is 2.81 bits per heavy atom. The van der Waals surface area contributed by atoms with Gasteiger partial charge in [-0.2, -0.15) is 0 Å². The van der Waals surface area contributed by atoms with Gasteiger partial charge in [-0.25, -0.2) is 0 Å². The van der Waals surface area contributed by atoms with E-state index in [1.165, 1.54) is 0 Å². The van der Waals surface area contributed by atoms with Crippen molar-refractivity contribution < 1.29 is 14.9 Å². The SMILES string of the molecule is Oc1ccc2c(c1)-c1c(O)cccc1OC2. The van der Waals surface area contributed by atoms with Crippen LogP contribution in [-0.4, -0.2) is 10.2 Å². The minimum Gasteiger partial charge on any atom is -0.508 e. The van der Waals surface area contributed by atoms with Crippen LogP contribution in [0.25, 0.3) is 11.1 Å². The van der Waals surface area contributed by atoms with Gasteiger partial charge >= 0.3 is 0 Å². The van der Waals surface area contributed by atoms with Gasteiger partial charge in [0.25, 0.3) is 0 Å². The zero-order chi connectivity index (χ0) is 11.1. The summed E-state index contributed by atoms with van der Waals surface area (Å²) >= 11 is 0. The Bertz CT molecular complexity index is 561. The molecule has 0 bridgehead atoms. The summed E-state index contributed by atoms with van der Waals surface area (Å²) in [5.74, 6) is 1.01. The number of aromatic hydroxyl groups is 2. The fraction of sp³-hybridized carbons (Fsp3) is 0.0769. The summed E-state index contributed by atoms with van der Waals surface area (Å²) in [6, 6.07) is 10.2. The molecule has 1 aliphatic rings. The summed E-state index contributed by atoms with van der Waals surface area (Å²) < 4.78 is 5.53. The molecule has 0 fully saturated rings. The van der Waals surface area contributed by atoms with Crippen LogP contribution in [-0.2, 0) is 6.61 Å². The highest BCUT2D eigenvalue weighted by Gasteiger charge is 2.20. The molecule has 0 radical (unpaired) electrons. The highest BCUT2D eigenvalue weighted by molar-refractivity contribution is 5.80. The first-order chi connectivity index (χ1) is 7.75. The lowest BCUT2D eigenvalue weighted by Crippen LogP contribution is -2.05. The van der Waals surface area contributed by atoms with Gasteiger partial charge in [0.2, 0.25) is 0 Å². The van der Waals surface area contributed by atoms with Crippen molar-refractivity contribution in [2.45, 2.75) is 6.61 Å². The lowest BCUT2D eigenvalue weighted by Gasteiger charge is -2.21. The molecule has 0 aliphatic carbocycles. The minimum atomic E-state index is 0.170. The molecule has 0 saturated heterocycles. The van der Waals surface area contributed by atoms with Gasteiger partial charge in [0.05, 0.1) is 5.56 Å². The number of fused-ring (bicyclic) bond motifs is 3. The molecule has 0 atom stereocenters. The van der Waals surface area contributed by atoms with Gasteiger partial charge in [-0.1, -0.05) is 12.1 Å². The fourth-order valence-electron chi connectivity index (χ4n) is 1.99. The number of phenols is 2. The van der Waals surface area contributed by atoms with Gasteiger partial charge in [-0.15, -0.1) is 0 Å². The Morgan fingerprint density at radius 1 is 1.06 bits per heavy atom. The molecule has 3 rings (SSSR count). The summed E-state index contributed by atoms with van der Waals surface area (Å²) in [5, 5.41) is 19.3. The highest BCUT2D eigenvalue weighted by Crippen LogP contribution is 2.43. The normalized spacial score (nSPS) is 12.5. The van der Waals surface area contributed by atoms with Gasteiger partial charge in [-0.05, 0) is 35.4 Å². The van der Waals surface area contributed by atoms with Gasteiger partial charge in [0.1, 0.15) is 23.9 Å². The van der Waals surface area contributed by atoms with Crippen LogP contribution in [0, 0.1) is 0 Å². The zero-order valence-electron chi connectivity index (χ0n) is 8.47. The first-order valence-electron chi connectivity index (χ1n) is 5.03. The fourth-order valence-corrected chi connectivity index (χ4v) is 1.99. The van der Waals surface area contributed by atoms with Crippen LogP contribution < -0.4 is 4.74 Å². The topological polar surface area (TPSA) is 49.7 Å². The first-order valence-corrected chi connectivity index (χ1v) is 5.03. The molecular weight excluding hydrogens is 204 g/mol. The lowest BCUT2D eigenvalue weighted by molar-refractivity contribution is 0.300. The van der Waals surface area contributed by atoms with Crippen molar-refractivity contribution in [3.8, 4) is 28.4 Å². The van der Waals surface area contributed by atoms with Crippen molar-refractivity contribution in [1.82, 2.24) is 0 Å². The van der Waals surface area contributed by atoms with Crippen molar-refractivity contribution in [1.29, 1.82) is 0 Å². The van der Waals surface area contributed by atoms with Crippen LogP contribution in [0.5, 0.6) is 17.2 Å². The molecule has 3 heteroatoms. The van der Waals surface area contributed by atoms with Crippen molar-refractivity contribution in [3.63, 3.8) is 0 Å². The molecule has 2 N–H and O–H groups in total. The molecule has 0 spiro atoms. The first kappa shape index (κ1) is 9.09. The van der Waals surface area contributed by atoms with E-state index >= 15 is 0 Å². The summed E-state index contributed by atoms with van der Waals surface area (Å²) in [6.07, 6.45) is 0. The number of hydrogen-bond acceptors (Lipinski definition) is 3. The Labute approximate surface area is 92.5 Å². The summed E-state index contributed by atoms with van der Waals surface area (Å²) in [6.45, 7) is 0.464. The molecule has 1 heterocycles. The standard InChI is InChI=1S/C13H10O3/c14-9-5-4-8-7-16-12-3-1-2-11(15)13(12)10(8)6-9/h1-6,14-15H,7H2. The van der Waals surface area contributed by atoms with Gasteiger partial charge in [-0.3, -0.25) is 0 Å². The van der Waals surface area contributed by atoms with Crippen molar-refractivity contribution in [3.05, 3.63) is 42.0 Å². The quantitative estimate of drug-likeness (QED) is 0.708. The molecule has 0 amide bonds. The average molecular weight is 214 g/mol. The average Bonchev–Trinajstić information content (AvgIpc) is 2.28. The molecule has 1 aliphatic heterocycles. The van der Waals surface area contributed by atoms with Crippen LogP contribution in [0.15, 0.2) is 36.4 Å². The van der Waals surface area contributed by atoms with Crippen molar-refractivity contribution >= 4 is 0 Å². The van der Waals surface area contributed by atoms with Crippen LogP contribution in [0.1, 0.15) is 5.56 Å². The Hall–Kier alpha value is -2.16. The second-order valence-corrected chi connectivity index (χ2v) is 3.78. The lowest BCUT2D eigenvalue weighted by atomic mass is 9.96. The van der Waals surface area contributed by atoms with Gasteiger partial charge in [0.15, 0.2) is 0 Å². The monoisotopic (exact) mass is 214 g/mol. The maximum atomic E-state index is 9.83. The molecule has 0 unspecified atom stereocenters. The second-order valence-electron chi connectivity index (χ2n) is 3.78. The van der Waals surface area contributed by atoms with E-state index in [2.05, 4.69) is 0 Å². The third-order valence-electron chi connectivity index (χ3n) is 2.75. The summed E-state index contributed by atoms with van der Waals surface area (Å²) in [7, 11) is 0. The molecule has 2 aromatic rings. The van der Waals surface area contributed by atoms with Crippen LogP contribution in [0.2, 0.25) is 0 Å². The maximum absolute atomic E-state index is 9.83. The number of phenolic OH excluding ortho intramolecular Hbond substituents is 2. The van der Waals surface area contributed by atoms with Crippen LogP contribution in [0.3, 0.4) is 0 Å². The third-order valence-corrected chi connectivity index (χ3v) is 2.75. The van der Waals surface area contributed by atoms with E-state index in [1.807, 2.05) is 6.07 Å². The number of hydrogen-bond donors (Lipinski definition) is 2.